The van der Waals surface area contributed by atoms with Crippen molar-refractivity contribution in [1.29, 1.82) is 0 Å². The summed E-state index contributed by atoms with van der Waals surface area (Å²) >= 11 is 12.7. The molecule has 0 aliphatic heterocycles. The van der Waals surface area contributed by atoms with Crippen molar-refractivity contribution in [1.82, 2.24) is 10.2 Å². The molecule has 0 saturated carbocycles. The molecule has 2 amide bonds. The minimum Gasteiger partial charge on any atom is -0.355 e. The van der Waals surface area contributed by atoms with Gasteiger partial charge in [-0.05, 0) is 80.3 Å². The van der Waals surface area contributed by atoms with Gasteiger partial charge < -0.3 is 10.2 Å². The largest absolute Gasteiger partial charge is 0.355 e. The molecule has 0 aliphatic carbocycles. The van der Waals surface area contributed by atoms with Crippen LogP contribution in [0.1, 0.15) is 34.7 Å². The number of rotatable bonds is 12. The van der Waals surface area contributed by atoms with E-state index in [2.05, 4.69) is 5.32 Å². The van der Waals surface area contributed by atoms with Crippen molar-refractivity contribution < 1.29 is 18.0 Å². The van der Waals surface area contributed by atoms with Gasteiger partial charge in [0.15, 0.2) is 0 Å². The number of aryl methyl sites for hydroxylation is 3. The standard InChI is InChI=1S/C35H37Cl2N3O4S/c1-5-38-35(42)33(20-27-9-7-6-8-10-27)39(22-28-15-16-29(36)21-31(28)37)34(41)23-40(32-19-25(3)11-14-26(32)4)45(43,44)30-17-12-24(2)13-18-30/h6-19,21,33H,5,20,22-23H2,1-4H3,(H,38,42). The van der Waals surface area contributed by atoms with Gasteiger partial charge in [0.1, 0.15) is 12.6 Å². The number of hydrogen-bond acceptors (Lipinski definition) is 4. The summed E-state index contributed by atoms with van der Waals surface area (Å²) in [7, 11) is -4.20. The van der Waals surface area contributed by atoms with E-state index < -0.39 is 28.5 Å². The molecule has 0 spiro atoms. The summed E-state index contributed by atoms with van der Waals surface area (Å²) in [4.78, 5) is 29.7. The number of likely N-dealkylation sites (N-methyl/N-ethyl adjacent to an activating group) is 1. The lowest BCUT2D eigenvalue weighted by molar-refractivity contribution is -0.140. The van der Waals surface area contributed by atoms with Gasteiger partial charge in [0, 0.05) is 29.6 Å². The predicted octanol–water partition coefficient (Wildman–Crippen LogP) is 6.89. The molecule has 0 saturated heterocycles. The molecule has 0 fully saturated rings. The number of benzene rings is 4. The van der Waals surface area contributed by atoms with Crippen LogP contribution in [0.25, 0.3) is 0 Å². The van der Waals surface area contributed by atoms with Crippen molar-refractivity contribution in [3.63, 3.8) is 0 Å². The van der Waals surface area contributed by atoms with E-state index in [4.69, 9.17) is 23.2 Å². The van der Waals surface area contributed by atoms with E-state index in [9.17, 15) is 18.0 Å². The van der Waals surface area contributed by atoms with Crippen LogP contribution >= 0.6 is 23.2 Å². The highest BCUT2D eigenvalue weighted by Crippen LogP contribution is 2.30. The number of anilines is 1. The van der Waals surface area contributed by atoms with Crippen LogP contribution in [0, 0.1) is 20.8 Å². The molecular weight excluding hydrogens is 629 g/mol. The van der Waals surface area contributed by atoms with Crippen LogP contribution in [0.2, 0.25) is 10.0 Å². The molecule has 0 radical (unpaired) electrons. The molecule has 1 unspecified atom stereocenters. The first kappa shape index (κ1) is 34.0. The maximum absolute atomic E-state index is 14.5. The lowest BCUT2D eigenvalue weighted by Crippen LogP contribution is -2.53. The molecule has 0 aliphatic rings. The fraction of sp³-hybridized carbons (Fsp3) is 0.257. The monoisotopic (exact) mass is 665 g/mol. The first-order valence-electron chi connectivity index (χ1n) is 14.6. The van der Waals surface area contributed by atoms with Gasteiger partial charge in [0.05, 0.1) is 10.6 Å². The Kier molecular flexibility index (Phi) is 11.3. The molecule has 0 bridgehead atoms. The summed E-state index contributed by atoms with van der Waals surface area (Å²) in [6.07, 6.45) is 0.206. The first-order valence-corrected chi connectivity index (χ1v) is 16.8. The Morgan fingerprint density at radius 2 is 1.51 bits per heavy atom. The second kappa shape index (κ2) is 15.0. The van der Waals surface area contributed by atoms with Crippen molar-refractivity contribution in [2.24, 2.45) is 0 Å². The van der Waals surface area contributed by atoms with Crippen LogP contribution in [-0.4, -0.2) is 44.3 Å². The Morgan fingerprint density at radius 3 is 2.16 bits per heavy atom. The van der Waals surface area contributed by atoms with E-state index in [1.54, 1.807) is 50.2 Å². The van der Waals surface area contributed by atoms with E-state index >= 15 is 0 Å². The van der Waals surface area contributed by atoms with Crippen LogP contribution in [-0.2, 0) is 32.6 Å². The van der Waals surface area contributed by atoms with Crippen molar-refractivity contribution in [3.8, 4) is 0 Å². The highest BCUT2D eigenvalue weighted by atomic mass is 35.5. The fourth-order valence-corrected chi connectivity index (χ4v) is 6.96. The highest BCUT2D eigenvalue weighted by molar-refractivity contribution is 7.92. The molecule has 4 aromatic carbocycles. The second-order valence-electron chi connectivity index (χ2n) is 11.0. The van der Waals surface area contributed by atoms with Crippen molar-refractivity contribution in [2.45, 2.75) is 51.6 Å². The minimum atomic E-state index is -4.20. The maximum atomic E-state index is 14.5. The minimum absolute atomic E-state index is 0.0469. The average molecular weight is 667 g/mol. The smallest absolute Gasteiger partial charge is 0.264 e. The third-order valence-electron chi connectivity index (χ3n) is 7.50. The van der Waals surface area contributed by atoms with Gasteiger partial charge in [0.2, 0.25) is 11.8 Å². The van der Waals surface area contributed by atoms with E-state index in [-0.39, 0.29) is 23.8 Å². The molecule has 4 rings (SSSR count). The topological polar surface area (TPSA) is 86.8 Å². The van der Waals surface area contributed by atoms with Crippen LogP contribution in [0.4, 0.5) is 5.69 Å². The number of carbonyl (C=O) groups is 2. The van der Waals surface area contributed by atoms with Gasteiger partial charge in [0.25, 0.3) is 10.0 Å². The van der Waals surface area contributed by atoms with E-state index in [1.165, 1.54) is 17.0 Å². The summed E-state index contributed by atoms with van der Waals surface area (Å²) in [5.41, 5.74) is 4.21. The third-order valence-corrected chi connectivity index (χ3v) is 9.86. The number of halogens is 2. The number of hydrogen-bond donors (Lipinski definition) is 1. The van der Waals surface area contributed by atoms with Gasteiger partial charge in [-0.2, -0.15) is 0 Å². The van der Waals surface area contributed by atoms with Crippen molar-refractivity contribution in [3.05, 3.63) is 129 Å². The second-order valence-corrected chi connectivity index (χ2v) is 13.7. The van der Waals surface area contributed by atoms with Crippen LogP contribution in [0.3, 0.4) is 0 Å². The molecular formula is C35H37Cl2N3O4S. The number of nitrogens with zero attached hydrogens (tertiary/aromatic N) is 2. The molecule has 10 heteroatoms. The zero-order chi connectivity index (χ0) is 32.7. The highest BCUT2D eigenvalue weighted by Gasteiger charge is 2.35. The Labute approximate surface area is 275 Å². The van der Waals surface area contributed by atoms with Crippen LogP contribution < -0.4 is 9.62 Å². The summed E-state index contributed by atoms with van der Waals surface area (Å²) in [5.74, 6) is -0.927. The summed E-state index contributed by atoms with van der Waals surface area (Å²) in [6.45, 7) is 7.10. The van der Waals surface area contributed by atoms with Crippen molar-refractivity contribution in [2.75, 3.05) is 17.4 Å². The van der Waals surface area contributed by atoms with Gasteiger partial charge in [-0.1, -0.05) is 89.4 Å². The number of carbonyl (C=O) groups excluding carboxylic acids is 2. The molecule has 1 N–H and O–H groups in total. The van der Waals surface area contributed by atoms with Gasteiger partial charge in [-0.3, -0.25) is 13.9 Å². The molecule has 1 atom stereocenters. The lowest BCUT2D eigenvalue weighted by atomic mass is 10.0. The maximum Gasteiger partial charge on any atom is 0.264 e. The zero-order valence-electron chi connectivity index (χ0n) is 25.8. The van der Waals surface area contributed by atoms with Gasteiger partial charge in [-0.25, -0.2) is 8.42 Å². The summed E-state index contributed by atoms with van der Waals surface area (Å²) < 4.78 is 29.6. The Hall–Kier alpha value is -3.85. The molecule has 0 aromatic heterocycles. The van der Waals surface area contributed by atoms with E-state index in [1.807, 2.05) is 56.3 Å². The van der Waals surface area contributed by atoms with E-state index in [0.717, 1.165) is 21.0 Å². The number of amides is 2. The zero-order valence-corrected chi connectivity index (χ0v) is 28.1. The van der Waals surface area contributed by atoms with Crippen molar-refractivity contribution >= 4 is 50.7 Å². The molecule has 45 heavy (non-hydrogen) atoms. The lowest BCUT2D eigenvalue weighted by Gasteiger charge is -2.34. The van der Waals surface area contributed by atoms with Crippen LogP contribution in [0.5, 0.6) is 0 Å². The SMILES string of the molecule is CCNC(=O)C(Cc1ccccc1)N(Cc1ccc(Cl)cc1Cl)C(=O)CN(c1cc(C)ccc1C)S(=O)(=O)c1ccc(C)cc1. The number of nitrogens with one attached hydrogen (secondary N) is 1. The first-order chi connectivity index (χ1) is 21.4. The molecule has 7 nitrogen and oxygen atoms in total. The third kappa shape index (κ3) is 8.45. The summed E-state index contributed by atoms with van der Waals surface area (Å²) in [5, 5.41) is 3.61. The number of sulfonamides is 1. The van der Waals surface area contributed by atoms with Gasteiger partial charge in [-0.15, -0.1) is 0 Å². The molecule has 4 aromatic rings. The van der Waals surface area contributed by atoms with Crippen LogP contribution in [0.15, 0.2) is 95.9 Å². The summed E-state index contributed by atoms with van der Waals surface area (Å²) in [6, 6.07) is 25.3. The van der Waals surface area contributed by atoms with Gasteiger partial charge >= 0.3 is 0 Å². The Bertz CT molecular complexity index is 1760. The quantitative estimate of drug-likeness (QED) is 0.179. The Morgan fingerprint density at radius 1 is 0.844 bits per heavy atom. The normalized spacial score (nSPS) is 12.0. The van der Waals surface area contributed by atoms with E-state index in [0.29, 0.717) is 33.4 Å². The molecule has 236 valence electrons. The fourth-order valence-electron chi connectivity index (χ4n) is 5.02. The molecule has 0 heterocycles. The average Bonchev–Trinajstić information content (AvgIpc) is 3.00. The Balaban J connectivity index is 1.84. The predicted molar refractivity (Wildman–Crippen MR) is 181 cm³/mol.